The van der Waals surface area contributed by atoms with E-state index >= 15 is 0 Å². The number of amides is 2. The molecule has 3 rings (SSSR count). The van der Waals surface area contributed by atoms with Gasteiger partial charge in [-0.1, -0.05) is 48.5 Å². The van der Waals surface area contributed by atoms with Crippen LogP contribution >= 0.6 is 0 Å². The summed E-state index contributed by atoms with van der Waals surface area (Å²) >= 11 is 0. The summed E-state index contributed by atoms with van der Waals surface area (Å²) in [5.41, 5.74) is 2.33. The van der Waals surface area contributed by atoms with E-state index in [2.05, 4.69) is 15.6 Å². The lowest BCUT2D eigenvalue weighted by molar-refractivity contribution is -0.143. The molecule has 34 heavy (non-hydrogen) atoms. The molecule has 1 aromatic heterocycles. The zero-order valence-corrected chi connectivity index (χ0v) is 18.2. The number of rotatable bonds is 11. The van der Waals surface area contributed by atoms with E-state index in [0.29, 0.717) is 0 Å². The van der Waals surface area contributed by atoms with Gasteiger partial charge >= 0.3 is 18.0 Å². The molecule has 2 atom stereocenters. The van der Waals surface area contributed by atoms with Crippen LogP contribution in [0, 0.1) is 0 Å². The summed E-state index contributed by atoms with van der Waals surface area (Å²) < 4.78 is 5.21. The van der Waals surface area contributed by atoms with E-state index in [9.17, 15) is 24.3 Å². The molecule has 0 fully saturated rings. The Labute approximate surface area is 194 Å². The van der Waals surface area contributed by atoms with Crippen LogP contribution in [-0.2, 0) is 32.1 Å². The van der Waals surface area contributed by atoms with Crippen LogP contribution in [0.3, 0.4) is 0 Å². The number of hydrogen-bond acceptors (Lipinski definition) is 5. The van der Waals surface area contributed by atoms with Gasteiger partial charge < -0.3 is 30.6 Å². The van der Waals surface area contributed by atoms with Crippen molar-refractivity contribution in [1.29, 1.82) is 0 Å². The lowest BCUT2D eigenvalue weighted by Crippen LogP contribution is -2.52. The van der Waals surface area contributed by atoms with E-state index in [1.165, 1.54) is 0 Å². The third-order valence-electron chi connectivity index (χ3n) is 5.18. The highest BCUT2D eigenvalue weighted by Crippen LogP contribution is 2.19. The topological polar surface area (TPSA) is 158 Å². The molecule has 178 valence electrons. The molecule has 10 heteroatoms. The third kappa shape index (κ3) is 6.83. The summed E-state index contributed by atoms with van der Waals surface area (Å²) in [6.45, 7) is -0.00946. The lowest BCUT2D eigenvalue weighted by atomic mass is 10.0. The van der Waals surface area contributed by atoms with Gasteiger partial charge in [0.15, 0.2) is 0 Å². The maximum atomic E-state index is 13.0. The van der Waals surface area contributed by atoms with Gasteiger partial charge in [0.1, 0.15) is 18.7 Å². The van der Waals surface area contributed by atoms with E-state index < -0.39 is 42.4 Å². The Kier molecular flexibility index (Phi) is 8.22. The first-order valence-corrected chi connectivity index (χ1v) is 10.6. The number of para-hydroxylation sites is 1. The molecule has 0 aliphatic rings. The Morgan fingerprint density at radius 3 is 2.32 bits per heavy atom. The number of carbonyl (C=O) groups is 4. The molecule has 0 aliphatic carbocycles. The fraction of sp³-hybridized carbons (Fsp3) is 0.250. The number of H-pyrrole nitrogens is 1. The number of hydrogen-bond donors (Lipinski definition) is 5. The van der Waals surface area contributed by atoms with Gasteiger partial charge in [-0.05, 0) is 23.6 Å². The molecule has 3 aromatic rings. The number of nitrogens with one attached hydrogen (secondary N) is 3. The van der Waals surface area contributed by atoms with Gasteiger partial charge in [0, 0.05) is 29.9 Å². The first-order valence-electron chi connectivity index (χ1n) is 10.6. The van der Waals surface area contributed by atoms with Gasteiger partial charge in [-0.25, -0.2) is 9.59 Å². The average molecular weight is 467 g/mol. The van der Waals surface area contributed by atoms with Crippen molar-refractivity contribution in [3.05, 3.63) is 71.9 Å². The van der Waals surface area contributed by atoms with Crippen LogP contribution in [0.1, 0.15) is 24.0 Å². The van der Waals surface area contributed by atoms with Crippen LogP contribution in [0.4, 0.5) is 4.79 Å². The number of aromatic amines is 1. The average Bonchev–Trinajstić information content (AvgIpc) is 3.23. The van der Waals surface area contributed by atoms with Gasteiger partial charge in [-0.3, -0.25) is 9.59 Å². The normalized spacial score (nSPS) is 12.5. The van der Waals surface area contributed by atoms with E-state index in [-0.39, 0.29) is 19.4 Å². The second kappa shape index (κ2) is 11.5. The molecular formula is C24H25N3O7. The maximum Gasteiger partial charge on any atom is 0.408 e. The zero-order chi connectivity index (χ0) is 24.5. The summed E-state index contributed by atoms with van der Waals surface area (Å²) in [5, 5.41) is 23.9. The fourth-order valence-corrected chi connectivity index (χ4v) is 3.43. The SMILES string of the molecule is O=C(O)CC[C@H](NC(=O)[C@H](Cc1c[nH]c2ccccc12)NC(=O)OCc1ccccc1)C(=O)O. The summed E-state index contributed by atoms with van der Waals surface area (Å²) in [5.74, 6) is -3.31. The first kappa shape index (κ1) is 24.3. The van der Waals surface area contributed by atoms with Crippen molar-refractivity contribution in [1.82, 2.24) is 15.6 Å². The van der Waals surface area contributed by atoms with Gasteiger partial charge in [0.25, 0.3) is 0 Å². The standard InChI is InChI=1S/C24H25N3O7/c28-21(29)11-10-19(23(31)32)26-22(30)20(12-16-13-25-18-9-5-4-8-17(16)18)27-24(33)34-14-15-6-2-1-3-7-15/h1-9,13,19-20,25H,10-12,14H2,(H,26,30)(H,27,33)(H,28,29)(H,31,32)/t19-,20-/m0/s1. The van der Waals surface area contributed by atoms with Crippen molar-refractivity contribution in [2.75, 3.05) is 0 Å². The Hall–Kier alpha value is -4.34. The van der Waals surface area contributed by atoms with Crippen molar-refractivity contribution in [3.63, 3.8) is 0 Å². The largest absolute Gasteiger partial charge is 0.481 e. The number of aliphatic carboxylic acids is 2. The van der Waals surface area contributed by atoms with Gasteiger partial charge in [0.05, 0.1) is 0 Å². The van der Waals surface area contributed by atoms with E-state index in [1.54, 1.807) is 30.5 Å². The Morgan fingerprint density at radius 1 is 0.912 bits per heavy atom. The molecule has 0 aliphatic heterocycles. The fourth-order valence-electron chi connectivity index (χ4n) is 3.43. The number of carboxylic acid groups (broad SMARTS) is 2. The molecule has 0 radical (unpaired) electrons. The quantitative estimate of drug-likeness (QED) is 0.290. The summed E-state index contributed by atoms with van der Waals surface area (Å²) in [7, 11) is 0. The maximum absolute atomic E-state index is 13.0. The number of benzene rings is 2. The van der Waals surface area contributed by atoms with Crippen LogP contribution in [-0.4, -0.2) is 51.2 Å². The number of fused-ring (bicyclic) bond motifs is 1. The van der Waals surface area contributed by atoms with Gasteiger partial charge in [0.2, 0.25) is 5.91 Å². The minimum absolute atomic E-state index is 0.00946. The number of carboxylic acids is 2. The van der Waals surface area contributed by atoms with E-state index in [4.69, 9.17) is 9.84 Å². The van der Waals surface area contributed by atoms with Crippen LogP contribution in [0.15, 0.2) is 60.8 Å². The van der Waals surface area contributed by atoms with Gasteiger partial charge in [-0.15, -0.1) is 0 Å². The minimum atomic E-state index is -1.42. The second-order valence-corrected chi connectivity index (χ2v) is 7.65. The predicted octanol–water partition coefficient (Wildman–Crippen LogP) is 2.44. The molecular weight excluding hydrogens is 442 g/mol. The molecule has 0 spiro atoms. The molecule has 10 nitrogen and oxygen atoms in total. The first-order chi connectivity index (χ1) is 16.3. The molecule has 0 saturated carbocycles. The smallest absolute Gasteiger partial charge is 0.408 e. The van der Waals surface area contributed by atoms with Crippen molar-refractivity contribution in [2.45, 2.75) is 38.0 Å². The number of carbonyl (C=O) groups excluding carboxylic acids is 2. The number of aromatic nitrogens is 1. The third-order valence-corrected chi connectivity index (χ3v) is 5.18. The molecule has 2 aromatic carbocycles. The molecule has 5 N–H and O–H groups in total. The van der Waals surface area contributed by atoms with Crippen LogP contribution < -0.4 is 10.6 Å². The Bertz CT molecular complexity index is 1160. The van der Waals surface area contributed by atoms with Crippen LogP contribution in [0.5, 0.6) is 0 Å². The van der Waals surface area contributed by atoms with E-state index in [1.807, 2.05) is 30.3 Å². The van der Waals surface area contributed by atoms with Crippen molar-refractivity contribution in [2.24, 2.45) is 0 Å². The molecule has 0 unspecified atom stereocenters. The van der Waals surface area contributed by atoms with Crippen molar-refractivity contribution in [3.8, 4) is 0 Å². The summed E-state index contributed by atoms with van der Waals surface area (Å²) in [6, 6.07) is 13.8. The Balaban J connectivity index is 1.74. The van der Waals surface area contributed by atoms with Crippen LogP contribution in [0.25, 0.3) is 10.9 Å². The number of alkyl carbamates (subject to hydrolysis) is 1. The summed E-state index contributed by atoms with van der Waals surface area (Å²) in [4.78, 5) is 50.9. The molecule has 0 bridgehead atoms. The molecule has 0 saturated heterocycles. The monoisotopic (exact) mass is 467 g/mol. The van der Waals surface area contributed by atoms with Crippen LogP contribution in [0.2, 0.25) is 0 Å². The summed E-state index contributed by atoms with van der Waals surface area (Å²) in [6.07, 6.45) is 0.190. The highest BCUT2D eigenvalue weighted by atomic mass is 16.5. The molecule has 1 heterocycles. The lowest BCUT2D eigenvalue weighted by Gasteiger charge is -2.21. The molecule has 2 amide bonds. The van der Waals surface area contributed by atoms with E-state index in [0.717, 1.165) is 22.0 Å². The van der Waals surface area contributed by atoms with Crippen molar-refractivity contribution < 1.29 is 34.1 Å². The second-order valence-electron chi connectivity index (χ2n) is 7.65. The Morgan fingerprint density at radius 2 is 1.62 bits per heavy atom. The predicted molar refractivity (Wildman–Crippen MR) is 122 cm³/mol. The highest BCUT2D eigenvalue weighted by Gasteiger charge is 2.28. The van der Waals surface area contributed by atoms with Crippen molar-refractivity contribution >= 4 is 34.8 Å². The highest BCUT2D eigenvalue weighted by molar-refractivity contribution is 5.91. The zero-order valence-electron chi connectivity index (χ0n) is 18.2. The minimum Gasteiger partial charge on any atom is -0.481 e. The van der Waals surface area contributed by atoms with Gasteiger partial charge in [-0.2, -0.15) is 0 Å². The number of ether oxygens (including phenoxy) is 1.